The van der Waals surface area contributed by atoms with Crippen LogP contribution >= 0.6 is 0 Å². The van der Waals surface area contributed by atoms with Crippen molar-refractivity contribution in [3.63, 3.8) is 0 Å². The van der Waals surface area contributed by atoms with E-state index in [0.717, 1.165) is 4.57 Å². The largest absolute Gasteiger partial charge is 0.329 e. The molecule has 0 saturated heterocycles. The third-order valence-electron chi connectivity index (χ3n) is 3.83. The minimum Gasteiger partial charge on any atom is -0.294 e. The molecule has 2 aromatic rings. The molecule has 0 saturated carbocycles. The van der Waals surface area contributed by atoms with Crippen LogP contribution in [0.25, 0.3) is 11.0 Å². The van der Waals surface area contributed by atoms with Crippen LogP contribution in [0.15, 0.2) is 15.8 Å². The van der Waals surface area contributed by atoms with Gasteiger partial charge in [0.25, 0.3) is 5.56 Å². The molecule has 1 aliphatic carbocycles. The highest BCUT2D eigenvalue weighted by molar-refractivity contribution is 6.02. The molecule has 0 bridgehead atoms. The summed E-state index contributed by atoms with van der Waals surface area (Å²) in [5.41, 5.74) is 0.353. The van der Waals surface area contributed by atoms with Gasteiger partial charge in [-0.25, -0.2) is 9.78 Å². The van der Waals surface area contributed by atoms with Crippen molar-refractivity contribution in [2.24, 2.45) is 12.5 Å². The molecule has 2 aromatic heterocycles. The van der Waals surface area contributed by atoms with E-state index >= 15 is 0 Å². The number of Topliss-reactive ketones (excluding diaryl/α,β-unsaturated/α-hetero) is 1. The van der Waals surface area contributed by atoms with Crippen molar-refractivity contribution >= 4 is 16.8 Å². The zero-order chi connectivity index (χ0) is 14.7. The molecule has 6 nitrogen and oxygen atoms in total. The summed E-state index contributed by atoms with van der Waals surface area (Å²) in [6.45, 7) is 3.99. The molecule has 3 rings (SSSR count). The summed E-state index contributed by atoms with van der Waals surface area (Å²) < 4.78 is 1.01. The predicted octanol–water partition coefficient (Wildman–Crippen LogP) is 0.777. The maximum atomic E-state index is 12.3. The second kappa shape index (κ2) is 3.88. The van der Waals surface area contributed by atoms with Gasteiger partial charge in [-0.15, -0.1) is 0 Å². The average molecular weight is 273 g/mol. The van der Waals surface area contributed by atoms with Crippen molar-refractivity contribution in [2.45, 2.75) is 26.7 Å². The fraction of sp³-hybridized carbons (Fsp3) is 0.429. The number of H-pyrrole nitrogens is 1. The van der Waals surface area contributed by atoms with Gasteiger partial charge >= 0.3 is 5.69 Å². The molecule has 104 valence electrons. The average Bonchev–Trinajstić information content (AvgIpc) is 2.33. The molecule has 1 aliphatic rings. The minimum atomic E-state index is -0.503. The number of nitrogens with zero attached hydrogens (tertiary/aromatic N) is 2. The molecule has 0 fully saturated rings. The van der Waals surface area contributed by atoms with Crippen LogP contribution in [-0.4, -0.2) is 20.3 Å². The molecule has 0 atom stereocenters. The summed E-state index contributed by atoms with van der Waals surface area (Å²) in [7, 11) is 1.41. The summed E-state index contributed by atoms with van der Waals surface area (Å²) in [6, 6.07) is 0. The van der Waals surface area contributed by atoms with Gasteiger partial charge in [0.15, 0.2) is 5.78 Å². The molecule has 0 aliphatic heterocycles. The highest BCUT2D eigenvalue weighted by Gasteiger charge is 2.33. The lowest BCUT2D eigenvalue weighted by Crippen LogP contribution is -2.35. The van der Waals surface area contributed by atoms with Crippen LogP contribution in [0.3, 0.4) is 0 Å². The molecule has 0 aromatic carbocycles. The normalized spacial score (nSPS) is 17.2. The molecular formula is C14H15N3O3. The first-order valence-corrected chi connectivity index (χ1v) is 6.44. The van der Waals surface area contributed by atoms with Crippen molar-refractivity contribution in [3.05, 3.63) is 38.2 Å². The van der Waals surface area contributed by atoms with E-state index in [1.807, 2.05) is 13.8 Å². The van der Waals surface area contributed by atoms with Crippen molar-refractivity contribution < 1.29 is 4.79 Å². The second-order valence-corrected chi connectivity index (χ2v) is 6.11. The van der Waals surface area contributed by atoms with Crippen LogP contribution in [-0.2, 0) is 13.5 Å². The van der Waals surface area contributed by atoms with Gasteiger partial charge in [-0.3, -0.25) is 19.1 Å². The number of hydrogen-bond donors (Lipinski definition) is 1. The first kappa shape index (κ1) is 12.8. The smallest absolute Gasteiger partial charge is 0.294 e. The SMILES string of the molecule is Cn1c(=O)[nH]c2ncc3c(c2c1=O)CC(C)(C)CC3=O. The monoisotopic (exact) mass is 273 g/mol. The molecule has 0 amide bonds. The van der Waals surface area contributed by atoms with Crippen LogP contribution in [0.2, 0.25) is 0 Å². The highest BCUT2D eigenvalue weighted by atomic mass is 16.2. The van der Waals surface area contributed by atoms with Crippen LogP contribution in [0, 0.1) is 5.41 Å². The molecule has 2 heterocycles. The van der Waals surface area contributed by atoms with E-state index in [4.69, 9.17) is 0 Å². The zero-order valence-corrected chi connectivity index (χ0v) is 11.6. The van der Waals surface area contributed by atoms with E-state index < -0.39 is 11.2 Å². The Morgan fingerprint density at radius 1 is 1.25 bits per heavy atom. The maximum absolute atomic E-state index is 12.3. The number of carbonyl (C=O) groups excluding carboxylic acids is 1. The van der Waals surface area contributed by atoms with Gasteiger partial charge in [-0.2, -0.15) is 0 Å². The number of hydrogen-bond acceptors (Lipinski definition) is 4. The molecule has 0 unspecified atom stereocenters. The van der Waals surface area contributed by atoms with Crippen molar-refractivity contribution in [3.8, 4) is 0 Å². The molecule has 1 N–H and O–H groups in total. The summed E-state index contributed by atoms with van der Waals surface area (Å²) >= 11 is 0. The van der Waals surface area contributed by atoms with Gasteiger partial charge in [-0.05, 0) is 17.4 Å². The van der Waals surface area contributed by atoms with Gasteiger partial charge in [0.1, 0.15) is 5.65 Å². The Morgan fingerprint density at radius 3 is 2.65 bits per heavy atom. The van der Waals surface area contributed by atoms with Gasteiger partial charge in [-0.1, -0.05) is 13.8 Å². The second-order valence-electron chi connectivity index (χ2n) is 6.11. The molecule has 20 heavy (non-hydrogen) atoms. The Hall–Kier alpha value is -2.24. The lowest BCUT2D eigenvalue weighted by Gasteiger charge is -2.30. The quantitative estimate of drug-likeness (QED) is 0.768. The van der Waals surface area contributed by atoms with E-state index in [2.05, 4.69) is 9.97 Å². The number of aromatic amines is 1. The van der Waals surface area contributed by atoms with Crippen LogP contribution in [0.1, 0.15) is 36.2 Å². The van der Waals surface area contributed by atoms with E-state index in [1.54, 1.807) is 0 Å². The number of fused-ring (bicyclic) bond motifs is 3. The summed E-state index contributed by atoms with van der Waals surface area (Å²) in [6.07, 6.45) is 2.52. The molecule has 6 heteroatoms. The van der Waals surface area contributed by atoms with Gasteiger partial charge in [0.2, 0.25) is 0 Å². The van der Waals surface area contributed by atoms with Crippen LogP contribution in [0.4, 0.5) is 0 Å². The Bertz CT molecular complexity index is 858. The summed E-state index contributed by atoms with van der Waals surface area (Å²) in [4.78, 5) is 42.8. The van der Waals surface area contributed by atoms with E-state index in [-0.39, 0.29) is 16.8 Å². The van der Waals surface area contributed by atoms with Crippen LogP contribution in [0.5, 0.6) is 0 Å². The Morgan fingerprint density at radius 2 is 1.95 bits per heavy atom. The van der Waals surface area contributed by atoms with E-state index in [1.165, 1.54) is 13.2 Å². The van der Waals surface area contributed by atoms with Crippen molar-refractivity contribution in [1.82, 2.24) is 14.5 Å². The number of pyridine rings is 1. The minimum absolute atomic E-state index is 0.00102. The maximum Gasteiger partial charge on any atom is 0.329 e. The van der Waals surface area contributed by atoms with E-state index in [9.17, 15) is 14.4 Å². The van der Waals surface area contributed by atoms with Gasteiger partial charge in [0, 0.05) is 25.2 Å². The first-order valence-electron chi connectivity index (χ1n) is 6.44. The number of aromatic nitrogens is 3. The third kappa shape index (κ3) is 1.71. The predicted molar refractivity (Wildman–Crippen MR) is 74.0 cm³/mol. The van der Waals surface area contributed by atoms with Crippen molar-refractivity contribution in [2.75, 3.05) is 0 Å². The van der Waals surface area contributed by atoms with Crippen molar-refractivity contribution in [1.29, 1.82) is 0 Å². The fourth-order valence-corrected chi connectivity index (χ4v) is 2.81. The molecular weight excluding hydrogens is 258 g/mol. The number of nitrogens with one attached hydrogen (secondary N) is 1. The topological polar surface area (TPSA) is 84.8 Å². The highest BCUT2D eigenvalue weighted by Crippen LogP contribution is 2.36. The fourth-order valence-electron chi connectivity index (χ4n) is 2.81. The summed E-state index contributed by atoms with van der Waals surface area (Å²) in [5, 5.41) is 0.353. The van der Waals surface area contributed by atoms with Gasteiger partial charge in [0.05, 0.1) is 5.39 Å². The molecule has 0 spiro atoms. The third-order valence-corrected chi connectivity index (χ3v) is 3.83. The van der Waals surface area contributed by atoms with Crippen LogP contribution < -0.4 is 11.2 Å². The van der Waals surface area contributed by atoms with Gasteiger partial charge < -0.3 is 0 Å². The Balaban J connectivity index is 2.48. The van der Waals surface area contributed by atoms with E-state index in [0.29, 0.717) is 29.4 Å². The molecule has 0 radical (unpaired) electrons. The Kier molecular flexibility index (Phi) is 2.48. The first-order chi connectivity index (χ1) is 9.30. The lowest BCUT2D eigenvalue weighted by atomic mass is 9.73. The standard InChI is InChI=1S/C14H15N3O3/c1-14(2)4-7-8(9(18)5-14)6-15-11-10(7)12(19)17(3)13(20)16-11/h6H,4-5H2,1-3H3,(H,15,16,20). The number of rotatable bonds is 0. The zero-order valence-electron chi connectivity index (χ0n) is 11.6. The summed E-state index contributed by atoms with van der Waals surface area (Å²) in [5.74, 6) is -0.00102. The Labute approximate surface area is 114 Å². The number of ketones is 1. The number of carbonyl (C=O) groups is 1. The lowest BCUT2D eigenvalue weighted by molar-refractivity contribution is 0.0912.